The smallest absolute Gasteiger partial charge is 0.251 e. The van der Waals surface area contributed by atoms with E-state index in [1.165, 1.54) is 43.2 Å². The van der Waals surface area contributed by atoms with Crippen molar-refractivity contribution >= 4 is 5.91 Å². The quantitative estimate of drug-likeness (QED) is 0.475. The molecule has 3 fully saturated rings. The third-order valence-electron chi connectivity index (χ3n) is 8.43. The van der Waals surface area contributed by atoms with Crippen molar-refractivity contribution in [2.75, 3.05) is 0 Å². The predicted molar refractivity (Wildman–Crippen MR) is 133 cm³/mol. The van der Waals surface area contributed by atoms with Crippen LogP contribution in [-0.2, 0) is 12.0 Å². The monoisotopic (exact) mass is 452 g/mol. The molecule has 3 saturated carbocycles. The van der Waals surface area contributed by atoms with E-state index in [1.54, 1.807) is 6.20 Å². The Morgan fingerprint density at radius 1 is 0.941 bits per heavy atom. The van der Waals surface area contributed by atoms with Gasteiger partial charge in [0.15, 0.2) is 0 Å². The second-order valence-electron chi connectivity index (χ2n) is 10.4. The molecule has 4 nitrogen and oxygen atoms in total. The van der Waals surface area contributed by atoms with Crippen LogP contribution in [-0.4, -0.2) is 16.9 Å². The lowest BCUT2D eigenvalue weighted by molar-refractivity contribution is 0.0917. The maximum absolute atomic E-state index is 12.6. The Bertz CT molecular complexity index is 1140. The summed E-state index contributed by atoms with van der Waals surface area (Å²) in [4.78, 5) is 17.0. The van der Waals surface area contributed by atoms with Crippen LogP contribution in [0.4, 0.5) is 0 Å². The Morgan fingerprint density at radius 3 is 2.29 bits per heavy atom. The number of fused-ring (bicyclic) bond motifs is 2. The summed E-state index contributed by atoms with van der Waals surface area (Å²) in [5.74, 6) is 2.39. The van der Waals surface area contributed by atoms with E-state index in [0.29, 0.717) is 18.6 Å². The van der Waals surface area contributed by atoms with Gasteiger partial charge in [0, 0.05) is 23.2 Å². The number of rotatable bonds is 7. The molecule has 1 N–H and O–H groups in total. The van der Waals surface area contributed by atoms with Gasteiger partial charge in [-0.3, -0.25) is 9.78 Å². The molecule has 1 aromatic heterocycles. The highest BCUT2D eigenvalue weighted by Crippen LogP contribution is 2.60. The minimum Gasteiger partial charge on any atom is -0.487 e. The van der Waals surface area contributed by atoms with Gasteiger partial charge in [-0.1, -0.05) is 36.8 Å². The lowest BCUT2D eigenvalue weighted by atomic mass is 9.64. The topological polar surface area (TPSA) is 51.2 Å². The zero-order valence-electron chi connectivity index (χ0n) is 19.6. The molecule has 3 atom stereocenters. The van der Waals surface area contributed by atoms with Crippen molar-refractivity contribution in [1.82, 2.24) is 10.3 Å². The van der Waals surface area contributed by atoms with Crippen LogP contribution in [0, 0.1) is 11.8 Å². The molecular formula is C30H32N2O2. The van der Waals surface area contributed by atoms with Crippen molar-refractivity contribution in [2.45, 2.75) is 63.0 Å². The van der Waals surface area contributed by atoms with Gasteiger partial charge in [0.25, 0.3) is 5.91 Å². The molecule has 0 aliphatic heterocycles. The van der Waals surface area contributed by atoms with Crippen LogP contribution in [0.2, 0.25) is 0 Å². The van der Waals surface area contributed by atoms with E-state index in [0.717, 1.165) is 35.8 Å². The predicted octanol–water partition coefficient (Wildman–Crippen LogP) is 6.05. The number of hydrogen-bond donors (Lipinski definition) is 1. The average Bonchev–Trinajstić information content (AvgIpc) is 3.48. The fraction of sp³-hybridized carbons (Fsp3) is 0.400. The van der Waals surface area contributed by atoms with E-state index in [9.17, 15) is 4.79 Å². The van der Waals surface area contributed by atoms with Gasteiger partial charge >= 0.3 is 0 Å². The summed E-state index contributed by atoms with van der Waals surface area (Å²) < 4.78 is 5.99. The van der Waals surface area contributed by atoms with Gasteiger partial charge < -0.3 is 10.1 Å². The Hall–Kier alpha value is -3.14. The maximum atomic E-state index is 12.6. The second-order valence-corrected chi connectivity index (χ2v) is 10.4. The first-order valence-corrected chi connectivity index (χ1v) is 12.8. The maximum Gasteiger partial charge on any atom is 0.251 e. The Balaban J connectivity index is 1.24. The lowest BCUT2D eigenvalue weighted by Gasteiger charge is -2.39. The number of aromatic nitrogens is 1. The van der Waals surface area contributed by atoms with E-state index in [4.69, 9.17) is 4.74 Å². The van der Waals surface area contributed by atoms with Crippen molar-refractivity contribution in [3.05, 3.63) is 95.3 Å². The van der Waals surface area contributed by atoms with Crippen molar-refractivity contribution in [3.63, 3.8) is 0 Å². The van der Waals surface area contributed by atoms with Crippen LogP contribution in [0.1, 0.15) is 72.1 Å². The van der Waals surface area contributed by atoms with Crippen LogP contribution in [0.5, 0.6) is 5.75 Å². The second kappa shape index (κ2) is 8.90. The van der Waals surface area contributed by atoms with E-state index in [-0.39, 0.29) is 11.3 Å². The van der Waals surface area contributed by atoms with Gasteiger partial charge in [-0.15, -0.1) is 0 Å². The third kappa shape index (κ3) is 3.89. The molecule has 1 heterocycles. The van der Waals surface area contributed by atoms with Crippen LogP contribution >= 0.6 is 0 Å². The number of carbonyl (C=O) groups is 1. The number of ether oxygens (including phenoxy) is 1. The van der Waals surface area contributed by atoms with Crippen LogP contribution < -0.4 is 10.1 Å². The SMILES string of the molecule is O=C(NC1CCC1)c1ccc([C@@]2(c3ccc(OCc4ccccn4)cc3)C[C@@H]3CC[C@H]2C3)cc1. The van der Waals surface area contributed by atoms with Crippen molar-refractivity contribution < 1.29 is 9.53 Å². The van der Waals surface area contributed by atoms with Crippen LogP contribution in [0.3, 0.4) is 0 Å². The summed E-state index contributed by atoms with van der Waals surface area (Å²) in [6, 6.07) is 23.4. The Morgan fingerprint density at radius 2 is 1.71 bits per heavy atom. The summed E-state index contributed by atoms with van der Waals surface area (Å²) in [6.45, 7) is 0.473. The molecule has 1 amide bonds. The first kappa shape index (κ1) is 21.4. The van der Waals surface area contributed by atoms with E-state index in [1.807, 2.05) is 30.3 Å². The molecule has 0 saturated heterocycles. The minimum atomic E-state index is 0.0331. The lowest BCUT2D eigenvalue weighted by Crippen LogP contribution is -2.39. The third-order valence-corrected chi connectivity index (χ3v) is 8.43. The number of hydrogen-bond acceptors (Lipinski definition) is 3. The Kier molecular flexibility index (Phi) is 5.60. The summed E-state index contributed by atoms with van der Waals surface area (Å²) in [5, 5.41) is 3.16. The highest BCUT2D eigenvalue weighted by molar-refractivity contribution is 5.94. The number of nitrogens with zero attached hydrogens (tertiary/aromatic N) is 1. The van der Waals surface area contributed by atoms with E-state index < -0.39 is 0 Å². The normalized spacial score (nSPS) is 25.6. The minimum absolute atomic E-state index is 0.0331. The van der Waals surface area contributed by atoms with Crippen molar-refractivity contribution in [1.29, 1.82) is 0 Å². The van der Waals surface area contributed by atoms with Crippen molar-refractivity contribution in [2.24, 2.45) is 11.8 Å². The number of benzene rings is 2. The molecule has 2 bridgehead atoms. The molecule has 2 aromatic carbocycles. The molecule has 3 aliphatic carbocycles. The molecule has 3 aromatic rings. The molecule has 0 radical (unpaired) electrons. The van der Waals surface area contributed by atoms with E-state index >= 15 is 0 Å². The molecule has 4 heteroatoms. The highest BCUT2D eigenvalue weighted by Gasteiger charge is 2.52. The van der Waals surface area contributed by atoms with Gasteiger partial charge in [0.05, 0.1) is 5.69 Å². The zero-order chi connectivity index (χ0) is 23.0. The number of carbonyl (C=O) groups excluding carboxylic acids is 1. The molecule has 0 spiro atoms. The van der Waals surface area contributed by atoms with E-state index in [2.05, 4.69) is 46.7 Å². The summed E-state index contributed by atoms with van der Waals surface area (Å²) in [5.41, 5.74) is 4.45. The van der Waals surface area contributed by atoms with Gasteiger partial charge in [-0.25, -0.2) is 0 Å². The average molecular weight is 453 g/mol. The molecule has 0 unspecified atom stereocenters. The van der Waals surface area contributed by atoms with Crippen molar-refractivity contribution in [3.8, 4) is 5.75 Å². The van der Waals surface area contributed by atoms with Gasteiger partial charge in [0.1, 0.15) is 12.4 Å². The first-order chi connectivity index (χ1) is 16.7. The molecule has 3 aliphatic rings. The number of nitrogens with one attached hydrogen (secondary N) is 1. The first-order valence-electron chi connectivity index (χ1n) is 12.8. The van der Waals surface area contributed by atoms with Gasteiger partial charge in [-0.05, 0) is 97.9 Å². The number of amides is 1. The van der Waals surface area contributed by atoms with Crippen LogP contribution in [0.15, 0.2) is 72.9 Å². The summed E-state index contributed by atoms with van der Waals surface area (Å²) >= 11 is 0. The van der Waals surface area contributed by atoms with Gasteiger partial charge in [-0.2, -0.15) is 0 Å². The zero-order valence-corrected chi connectivity index (χ0v) is 19.6. The molecule has 174 valence electrons. The molecular weight excluding hydrogens is 420 g/mol. The molecule has 34 heavy (non-hydrogen) atoms. The highest BCUT2D eigenvalue weighted by atomic mass is 16.5. The van der Waals surface area contributed by atoms with Crippen LogP contribution in [0.25, 0.3) is 0 Å². The number of pyridine rings is 1. The Labute approximate surface area is 201 Å². The molecule has 6 rings (SSSR count). The fourth-order valence-electron chi connectivity index (χ4n) is 6.43. The standard InChI is InChI=1S/C30H32N2O2/c33-29(32-26-5-3-6-26)22-8-11-23(12-9-22)30(19-21-7-10-25(30)18-21)24-13-15-28(16-14-24)34-20-27-4-1-2-17-31-27/h1-2,4,8-9,11-17,21,25-26H,3,5-7,10,18-20H2,(H,32,33)/t21-,25+,30-/m1/s1. The van der Waals surface area contributed by atoms with Gasteiger partial charge in [0.2, 0.25) is 0 Å². The summed E-state index contributed by atoms with van der Waals surface area (Å²) in [6.07, 6.45) is 10.4. The largest absolute Gasteiger partial charge is 0.487 e. The fourth-order valence-corrected chi connectivity index (χ4v) is 6.43. The summed E-state index contributed by atoms with van der Waals surface area (Å²) in [7, 11) is 0.